The number of hydrogen-bond acceptors (Lipinski definition) is 6. The van der Waals surface area contributed by atoms with E-state index in [0.29, 0.717) is 29.2 Å². The molecule has 2 aromatic rings. The number of ether oxygens (including phenoxy) is 1. The number of benzene rings is 1. The first-order chi connectivity index (χ1) is 12.9. The van der Waals surface area contributed by atoms with Crippen molar-refractivity contribution in [2.75, 3.05) is 0 Å². The number of halogens is 1. The fourth-order valence-corrected chi connectivity index (χ4v) is 5.88. The van der Waals surface area contributed by atoms with E-state index >= 15 is 0 Å². The first kappa shape index (κ1) is 17.2. The number of hydrogen-bond donors (Lipinski definition) is 1. The molecule has 4 fully saturated rings. The van der Waals surface area contributed by atoms with Crippen molar-refractivity contribution in [1.29, 1.82) is 0 Å². The fourth-order valence-electron chi connectivity index (χ4n) is 5.75. The molecule has 142 valence electrons. The van der Waals surface area contributed by atoms with E-state index in [1.807, 2.05) is 0 Å². The molecular weight excluding hydrogens is 368 g/mol. The van der Waals surface area contributed by atoms with E-state index in [2.05, 4.69) is 10.2 Å². The van der Waals surface area contributed by atoms with Gasteiger partial charge in [0.15, 0.2) is 6.61 Å². The molecule has 0 unspecified atom stereocenters. The second-order valence-corrected chi connectivity index (χ2v) is 8.99. The minimum Gasteiger partial charge on any atom is -0.455 e. The molecule has 6 nitrogen and oxygen atoms in total. The van der Waals surface area contributed by atoms with Crippen molar-refractivity contribution < 1.29 is 19.1 Å². The largest absolute Gasteiger partial charge is 0.455 e. The van der Waals surface area contributed by atoms with Gasteiger partial charge < -0.3 is 14.3 Å². The van der Waals surface area contributed by atoms with Gasteiger partial charge in [-0.25, -0.2) is 0 Å². The van der Waals surface area contributed by atoms with Gasteiger partial charge in [0.1, 0.15) is 0 Å². The Kier molecular flexibility index (Phi) is 3.85. The van der Waals surface area contributed by atoms with Crippen LogP contribution in [0.4, 0.5) is 0 Å². The Morgan fingerprint density at radius 1 is 1.19 bits per heavy atom. The monoisotopic (exact) mass is 388 g/mol. The molecule has 1 N–H and O–H groups in total. The SMILES string of the molecule is O=C(OCc1nnc(-c2ccc(Cl)cc2)o1)C12C[C@H]3C[C@@H](CC(O)(C3)C1)C2. The zero-order valence-electron chi connectivity index (χ0n) is 14.9. The van der Waals surface area contributed by atoms with Crippen LogP contribution in [0.15, 0.2) is 28.7 Å². The van der Waals surface area contributed by atoms with Crippen LogP contribution >= 0.6 is 11.6 Å². The third-order valence-corrected chi connectivity index (χ3v) is 6.60. The number of aromatic nitrogens is 2. The van der Waals surface area contributed by atoms with Crippen LogP contribution in [-0.2, 0) is 16.1 Å². The van der Waals surface area contributed by atoms with Gasteiger partial charge in [-0.2, -0.15) is 0 Å². The maximum atomic E-state index is 12.9. The van der Waals surface area contributed by atoms with Crippen LogP contribution < -0.4 is 0 Å². The van der Waals surface area contributed by atoms with E-state index in [9.17, 15) is 9.90 Å². The highest BCUT2D eigenvalue weighted by molar-refractivity contribution is 6.30. The highest BCUT2D eigenvalue weighted by atomic mass is 35.5. The van der Waals surface area contributed by atoms with E-state index in [4.69, 9.17) is 20.8 Å². The van der Waals surface area contributed by atoms with Gasteiger partial charge in [0.05, 0.1) is 11.0 Å². The number of carbonyl (C=O) groups is 1. The molecule has 1 aromatic heterocycles. The molecular formula is C20H21ClN2O4. The molecule has 0 radical (unpaired) electrons. The van der Waals surface area contributed by atoms with Crippen LogP contribution in [-0.4, -0.2) is 26.9 Å². The molecule has 7 heteroatoms. The Hall–Kier alpha value is -1.92. The summed E-state index contributed by atoms with van der Waals surface area (Å²) in [5.41, 5.74) is -0.472. The van der Waals surface area contributed by atoms with Crippen molar-refractivity contribution in [3.8, 4) is 11.5 Å². The van der Waals surface area contributed by atoms with Crippen LogP contribution in [0.5, 0.6) is 0 Å². The Morgan fingerprint density at radius 3 is 2.56 bits per heavy atom. The van der Waals surface area contributed by atoms with Gasteiger partial charge in [0.2, 0.25) is 5.89 Å². The van der Waals surface area contributed by atoms with Crippen LogP contribution in [0.3, 0.4) is 0 Å². The number of esters is 1. The first-order valence-corrected chi connectivity index (χ1v) is 9.79. The van der Waals surface area contributed by atoms with Crippen LogP contribution in [0, 0.1) is 17.3 Å². The van der Waals surface area contributed by atoms with Crippen molar-refractivity contribution in [3.05, 3.63) is 35.2 Å². The predicted molar refractivity (Wildman–Crippen MR) is 96.6 cm³/mol. The lowest BCUT2D eigenvalue weighted by Gasteiger charge is -2.58. The summed E-state index contributed by atoms with van der Waals surface area (Å²) in [6.07, 6.45) is 4.95. The second kappa shape index (κ2) is 6.04. The first-order valence-electron chi connectivity index (χ1n) is 9.41. The van der Waals surface area contributed by atoms with E-state index < -0.39 is 11.0 Å². The molecule has 0 aliphatic heterocycles. The maximum Gasteiger partial charge on any atom is 0.312 e. The summed E-state index contributed by atoms with van der Waals surface area (Å²) >= 11 is 5.89. The number of carbonyl (C=O) groups excluding carboxylic acids is 1. The van der Waals surface area contributed by atoms with Crippen molar-refractivity contribution in [2.24, 2.45) is 17.3 Å². The van der Waals surface area contributed by atoms with Gasteiger partial charge in [0.25, 0.3) is 5.89 Å². The third-order valence-electron chi connectivity index (χ3n) is 6.35. The fraction of sp³-hybridized carbons (Fsp3) is 0.550. The third kappa shape index (κ3) is 3.05. The molecule has 4 saturated carbocycles. The summed E-state index contributed by atoms with van der Waals surface area (Å²) in [6.45, 7) is -0.0467. The minimum atomic E-state index is -0.685. The van der Waals surface area contributed by atoms with Crippen LogP contribution in [0.2, 0.25) is 5.02 Å². The van der Waals surface area contributed by atoms with Gasteiger partial charge in [0, 0.05) is 10.6 Å². The summed E-state index contributed by atoms with van der Waals surface area (Å²) in [4.78, 5) is 12.9. The summed E-state index contributed by atoms with van der Waals surface area (Å²) in [7, 11) is 0. The Balaban J connectivity index is 1.27. The van der Waals surface area contributed by atoms with Crippen LogP contribution in [0.25, 0.3) is 11.5 Å². The summed E-state index contributed by atoms with van der Waals surface area (Å²) in [6, 6.07) is 7.08. The van der Waals surface area contributed by atoms with E-state index in [1.54, 1.807) is 24.3 Å². The normalized spacial score (nSPS) is 34.0. The lowest BCUT2D eigenvalue weighted by atomic mass is 9.48. The Labute approximate surface area is 161 Å². The topological polar surface area (TPSA) is 85.5 Å². The lowest BCUT2D eigenvalue weighted by Crippen LogP contribution is -2.58. The smallest absolute Gasteiger partial charge is 0.312 e. The Bertz CT molecular complexity index is 864. The highest BCUT2D eigenvalue weighted by Crippen LogP contribution is 2.62. The minimum absolute atomic E-state index is 0.0467. The molecule has 4 aliphatic carbocycles. The Morgan fingerprint density at radius 2 is 1.89 bits per heavy atom. The van der Waals surface area contributed by atoms with Gasteiger partial charge in [-0.05, 0) is 74.6 Å². The molecule has 1 aromatic carbocycles. The molecule has 0 amide bonds. The molecule has 6 rings (SSSR count). The highest BCUT2D eigenvalue weighted by Gasteiger charge is 2.60. The number of nitrogens with zero attached hydrogens (tertiary/aromatic N) is 2. The number of rotatable bonds is 4. The van der Waals surface area contributed by atoms with Gasteiger partial charge in [-0.1, -0.05) is 11.6 Å². The van der Waals surface area contributed by atoms with Gasteiger partial charge >= 0.3 is 5.97 Å². The summed E-state index contributed by atoms with van der Waals surface area (Å²) in [5, 5.41) is 19.4. The predicted octanol–water partition coefficient (Wildman–Crippen LogP) is 3.76. The summed E-state index contributed by atoms with van der Waals surface area (Å²) in [5.74, 6) is 1.26. The zero-order valence-corrected chi connectivity index (χ0v) is 15.6. The standard InChI is InChI=1S/C20H21ClN2O4/c21-15-3-1-14(2-4-15)17-23-22-16(27-17)10-26-18(24)19-6-12-5-13(7-19)9-20(25,8-12)11-19/h1-4,12-13,25H,5-11H2/t12-,13-,19?,20?/m1/s1. The zero-order chi connectivity index (χ0) is 18.6. The van der Waals surface area contributed by atoms with Crippen LogP contribution in [0.1, 0.15) is 44.4 Å². The lowest BCUT2D eigenvalue weighted by molar-refractivity contribution is -0.197. The maximum absolute atomic E-state index is 12.9. The van der Waals surface area contributed by atoms with Crippen molar-refractivity contribution in [2.45, 2.75) is 50.7 Å². The molecule has 1 heterocycles. The molecule has 0 spiro atoms. The van der Waals surface area contributed by atoms with Crippen molar-refractivity contribution in [3.63, 3.8) is 0 Å². The average Bonchev–Trinajstić information content (AvgIpc) is 3.07. The van der Waals surface area contributed by atoms with Crippen molar-refractivity contribution >= 4 is 17.6 Å². The quantitative estimate of drug-likeness (QED) is 0.802. The van der Waals surface area contributed by atoms with Gasteiger partial charge in [-0.15, -0.1) is 10.2 Å². The number of aliphatic hydroxyl groups is 1. The molecule has 27 heavy (non-hydrogen) atoms. The van der Waals surface area contributed by atoms with E-state index in [0.717, 1.165) is 37.7 Å². The second-order valence-electron chi connectivity index (χ2n) is 8.55. The molecule has 0 saturated heterocycles. The summed E-state index contributed by atoms with van der Waals surface area (Å²) < 4.78 is 11.2. The average molecular weight is 389 g/mol. The van der Waals surface area contributed by atoms with E-state index in [-0.39, 0.29) is 18.5 Å². The van der Waals surface area contributed by atoms with Gasteiger partial charge in [-0.3, -0.25) is 4.79 Å². The molecule has 4 aliphatic rings. The molecule has 4 bridgehead atoms. The molecule has 2 atom stereocenters. The van der Waals surface area contributed by atoms with Crippen molar-refractivity contribution in [1.82, 2.24) is 10.2 Å². The van der Waals surface area contributed by atoms with E-state index in [1.165, 1.54) is 0 Å².